The molecule has 0 spiro atoms. The van der Waals surface area contributed by atoms with Crippen LogP contribution in [0.2, 0.25) is 0 Å². The Balaban J connectivity index is 2.33. The summed E-state index contributed by atoms with van der Waals surface area (Å²) in [5.74, 6) is -0.365. The van der Waals surface area contributed by atoms with Gasteiger partial charge in [0.25, 0.3) is 0 Å². The fourth-order valence-electron chi connectivity index (χ4n) is 1.85. The van der Waals surface area contributed by atoms with Crippen molar-refractivity contribution < 1.29 is 9.90 Å². The predicted molar refractivity (Wildman–Crippen MR) is 50.4 cm³/mol. The fraction of sp³-hybridized carbons (Fsp3) is 0.889. The van der Waals surface area contributed by atoms with Gasteiger partial charge in [-0.05, 0) is 32.4 Å². The highest BCUT2D eigenvalue weighted by Gasteiger charge is 2.24. The summed E-state index contributed by atoms with van der Waals surface area (Å²) in [5.41, 5.74) is 5.91. The van der Waals surface area contributed by atoms with Crippen LogP contribution in [-0.2, 0) is 4.79 Å². The number of hydrogen-bond acceptors (Lipinski definition) is 3. The van der Waals surface area contributed by atoms with Crippen LogP contribution in [0.3, 0.4) is 0 Å². The van der Waals surface area contributed by atoms with E-state index in [2.05, 4.69) is 11.9 Å². The second kappa shape index (κ2) is 4.58. The largest absolute Gasteiger partial charge is 0.481 e. The number of nitrogens with zero attached hydrogens (tertiary/aromatic N) is 1. The lowest BCUT2D eigenvalue weighted by Crippen LogP contribution is -2.45. The molecule has 1 aliphatic rings. The summed E-state index contributed by atoms with van der Waals surface area (Å²) in [6, 6.07) is 0.190. The Morgan fingerprint density at radius 2 is 2.38 bits per heavy atom. The van der Waals surface area contributed by atoms with E-state index >= 15 is 0 Å². The zero-order chi connectivity index (χ0) is 9.84. The SMILES string of the molecule is CN1CCC(N)C(CCC(=O)O)C1. The molecule has 1 heterocycles. The molecule has 76 valence electrons. The number of aliphatic carboxylic acids is 1. The van der Waals surface area contributed by atoms with Crippen LogP contribution in [0, 0.1) is 5.92 Å². The lowest BCUT2D eigenvalue weighted by atomic mass is 9.89. The van der Waals surface area contributed by atoms with Crippen LogP contribution in [0.15, 0.2) is 0 Å². The number of rotatable bonds is 3. The van der Waals surface area contributed by atoms with E-state index in [0.717, 1.165) is 19.5 Å². The molecule has 1 rings (SSSR count). The van der Waals surface area contributed by atoms with Crippen molar-refractivity contribution in [1.29, 1.82) is 0 Å². The highest BCUT2D eigenvalue weighted by atomic mass is 16.4. The van der Waals surface area contributed by atoms with Crippen LogP contribution >= 0.6 is 0 Å². The Kier molecular flexibility index (Phi) is 3.69. The van der Waals surface area contributed by atoms with Gasteiger partial charge in [0.1, 0.15) is 0 Å². The van der Waals surface area contributed by atoms with Gasteiger partial charge in [-0.3, -0.25) is 4.79 Å². The van der Waals surface area contributed by atoms with E-state index in [-0.39, 0.29) is 12.5 Å². The van der Waals surface area contributed by atoms with Crippen molar-refractivity contribution in [3.05, 3.63) is 0 Å². The maximum absolute atomic E-state index is 10.4. The second-order valence-corrected chi connectivity index (χ2v) is 3.91. The first-order chi connectivity index (χ1) is 6.09. The smallest absolute Gasteiger partial charge is 0.303 e. The molecule has 3 N–H and O–H groups in total. The maximum Gasteiger partial charge on any atom is 0.303 e. The Labute approximate surface area is 78.7 Å². The minimum absolute atomic E-state index is 0.190. The molecule has 1 saturated heterocycles. The molecule has 0 bridgehead atoms. The molecule has 0 aliphatic carbocycles. The molecule has 0 saturated carbocycles. The summed E-state index contributed by atoms with van der Waals surface area (Å²) in [4.78, 5) is 12.6. The van der Waals surface area contributed by atoms with Crippen LogP contribution in [0.1, 0.15) is 19.3 Å². The van der Waals surface area contributed by atoms with Gasteiger partial charge < -0.3 is 15.7 Å². The standard InChI is InChI=1S/C9H18N2O2/c1-11-5-4-8(10)7(6-11)2-3-9(12)13/h7-8H,2-6,10H2,1H3,(H,12,13). The van der Waals surface area contributed by atoms with Crippen molar-refractivity contribution in [2.24, 2.45) is 11.7 Å². The van der Waals surface area contributed by atoms with Gasteiger partial charge in [-0.15, -0.1) is 0 Å². The van der Waals surface area contributed by atoms with Crippen LogP contribution in [-0.4, -0.2) is 42.2 Å². The van der Waals surface area contributed by atoms with Gasteiger partial charge in [0.05, 0.1) is 0 Å². The summed E-state index contributed by atoms with van der Waals surface area (Å²) in [5, 5.41) is 8.54. The van der Waals surface area contributed by atoms with E-state index in [1.54, 1.807) is 0 Å². The Bertz CT molecular complexity index is 184. The quantitative estimate of drug-likeness (QED) is 0.657. The molecule has 13 heavy (non-hydrogen) atoms. The summed E-state index contributed by atoms with van der Waals surface area (Å²) in [6.07, 6.45) is 1.94. The summed E-state index contributed by atoms with van der Waals surface area (Å²) < 4.78 is 0. The van der Waals surface area contributed by atoms with Crippen molar-refractivity contribution in [3.8, 4) is 0 Å². The number of piperidine rings is 1. The van der Waals surface area contributed by atoms with Crippen LogP contribution in [0.5, 0.6) is 0 Å². The summed E-state index contributed by atoms with van der Waals surface area (Å²) in [7, 11) is 2.06. The molecule has 4 heteroatoms. The minimum atomic E-state index is -0.722. The van der Waals surface area contributed by atoms with Gasteiger partial charge in [0.2, 0.25) is 0 Å². The first-order valence-electron chi connectivity index (χ1n) is 4.75. The second-order valence-electron chi connectivity index (χ2n) is 3.91. The lowest BCUT2D eigenvalue weighted by Gasteiger charge is -2.34. The van der Waals surface area contributed by atoms with E-state index in [4.69, 9.17) is 10.8 Å². The zero-order valence-electron chi connectivity index (χ0n) is 8.07. The average molecular weight is 186 g/mol. The Hall–Kier alpha value is -0.610. The number of likely N-dealkylation sites (tertiary alicyclic amines) is 1. The number of carbonyl (C=O) groups is 1. The minimum Gasteiger partial charge on any atom is -0.481 e. The number of carboxylic acids is 1. The molecule has 0 aromatic heterocycles. The van der Waals surface area contributed by atoms with Crippen molar-refractivity contribution in [2.45, 2.75) is 25.3 Å². The molecule has 0 aromatic carbocycles. The number of nitrogens with two attached hydrogens (primary N) is 1. The first-order valence-corrected chi connectivity index (χ1v) is 4.75. The van der Waals surface area contributed by atoms with Crippen molar-refractivity contribution in [3.63, 3.8) is 0 Å². The third-order valence-electron chi connectivity index (χ3n) is 2.72. The Morgan fingerprint density at radius 3 is 3.00 bits per heavy atom. The highest BCUT2D eigenvalue weighted by Crippen LogP contribution is 2.18. The van der Waals surface area contributed by atoms with Crippen molar-refractivity contribution in [1.82, 2.24) is 4.90 Å². The molecule has 4 nitrogen and oxygen atoms in total. The molecule has 1 fully saturated rings. The molecule has 2 atom stereocenters. The molecule has 2 unspecified atom stereocenters. The van der Waals surface area contributed by atoms with E-state index in [1.807, 2.05) is 0 Å². The number of carboxylic acid groups (broad SMARTS) is 1. The third-order valence-corrected chi connectivity index (χ3v) is 2.72. The number of hydrogen-bond donors (Lipinski definition) is 2. The molecular formula is C9H18N2O2. The Morgan fingerprint density at radius 1 is 1.69 bits per heavy atom. The van der Waals surface area contributed by atoms with Crippen molar-refractivity contribution in [2.75, 3.05) is 20.1 Å². The van der Waals surface area contributed by atoms with Gasteiger partial charge in [0, 0.05) is 19.0 Å². The topological polar surface area (TPSA) is 66.6 Å². The monoisotopic (exact) mass is 186 g/mol. The van der Waals surface area contributed by atoms with Crippen LogP contribution in [0.4, 0.5) is 0 Å². The van der Waals surface area contributed by atoms with E-state index in [1.165, 1.54) is 0 Å². The van der Waals surface area contributed by atoms with Crippen LogP contribution < -0.4 is 5.73 Å². The predicted octanol–water partition coefficient (Wildman–Crippen LogP) is 0.130. The van der Waals surface area contributed by atoms with E-state index in [0.29, 0.717) is 12.3 Å². The fourth-order valence-corrected chi connectivity index (χ4v) is 1.85. The van der Waals surface area contributed by atoms with Gasteiger partial charge in [-0.2, -0.15) is 0 Å². The first kappa shape index (κ1) is 10.5. The highest BCUT2D eigenvalue weighted by molar-refractivity contribution is 5.66. The molecular weight excluding hydrogens is 168 g/mol. The van der Waals surface area contributed by atoms with E-state index < -0.39 is 5.97 Å². The average Bonchev–Trinajstić information content (AvgIpc) is 2.06. The lowest BCUT2D eigenvalue weighted by molar-refractivity contribution is -0.137. The van der Waals surface area contributed by atoms with Gasteiger partial charge >= 0.3 is 5.97 Å². The third kappa shape index (κ3) is 3.32. The molecule has 1 aliphatic heterocycles. The maximum atomic E-state index is 10.4. The zero-order valence-corrected chi connectivity index (χ0v) is 8.07. The van der Waals surface area contributed by atoms with Gasteiger partial charge in [0.15, 0.2) is 0 Å². The van der Waals surface area contributed by atoms with Crippen molar-refractivity contribution >= 4 is 5.97 Å². The summed E-state index contributed by atoms with van der Waals surface area (Å²) in [6.45, 7) is 1.97. The normalized spacial score (nSPS) is 30.3. The van der Waals surface area contributed by atoms with Crippen LogP contribution in [0.25, 0.3) is 0 Å². The van der Waals surface area contributed by atoms with E-state index in [9.17, 15) is 4.79 Å². The summed E-state index contributed by atoms with van der Waals surface area (Å²) >= 11 is 0. The van der Waals surface area contributed by atoms with Gasteiger partial charge in [-0.1, -0.05) is 0 Å². The molecule has 0 aromatic rings. The molecule has 0 radical (unpaired) electrons. The molecule has 0 amide bonds. The van der Waals surface area contributed by atoms with Gasteiger partial charge in [-0.25, -0.2) is 0 Å².